The van der Waals surface area contributed by atoms with Crippen LogP contribution in [0.25, 0.3) is 0 Å². The standard InChI is InChI=1S/C18H17ClN2O4S/c1-26(24,25)16-7-5-14(6-8-16)20-18(23)12-9-17(22)21(11-12)15-4-2-3-13(19)10-15/h2-8,10,12H,9,11H2,1H3,(H,20,23). The Hall–Kier alpha value is -2.38. The molecule has 2 amide bonds. The van der Waals surface area contributed by atoms with E-state index in [1.54, 1.807) is 29.2 Å². The largest absolute Gasteiger partial charge is 0.326 e. The Bertz CT molecular complexity index is 957. The third kappa shape index (κ3) is 4.05. The van der Waals surface area contributed by atoms with Gasteiger partial charge in [0, 0.05) is 35.6 Å². The van der Waals surface area contributed by atoms with Crippen LogP contribution in [0.5, 0.6) is 0 Å². The molecule has 26 heavy (non-hydrogen) atoms. The summed E-state index contributed by atoms with van der Waals surface area (Å²) >= 11 is 5.96. The molecule has 0 bridgehead atoms. The molecule has 1 aliphatic heterocycles. The predicted molar refractivity (Wildman–Crippen MR) is 100 cm³/mol. The van der Waals surface area contributed by atoms with Gasteiger partial charge < -0.3 is 10.2 Å². The van der Waals surface area contributed by atoms with E-state index in [1.807, 2.05) is 0 Å². The Balaban J connectivity index is 1.68. The minimum absolute atomic E-state index is 0.111. The van der Waals surface area contributed by atoms with Crippen LogP contribution in [0.3, 0.4) is 0 Å². The number of nitrogens with one attached hydrogen (secondary N) is 1. The highest BCUT2D eigenvalue weighted by molar-refractivity contribution is 7.90. The fraction of sp³-hybridized carbons (Fsp3) is 0.222. The van der Waals surface area contributed by atoms with Gasteiger partial charge in [-0.3, -0.25) is 9.59 Å². The molecule has 1 saturated heterocycles. The minimum Gasteiger partial charge on any atom is -0.326 e. The summed E-state index contributed by atoms with van der Waals surface area (Å²) in [5, 5.41) is 3.25. The van der Waals surface area contributed by atoms with Crippen molar-refractivity contribution in [3.05, 3.63) is 53.6 Å². The van der Waals surface area contributed by atoms with Crippen molar-refractivity contribution in [2.45, 2.75) is 11.3 Å². The zero-order valence-corrected chi connectivity index (χ0v) is 15.5. The molecule has 0 aliphatic carbocycles. The summed E-state index contributed by atoms with van der Waals surface area (Å²) in [5.41, 5.74) is 1.14. The van der Waals surface area contributed by atoms with Crippen LogP contribution in [0.4, 0.5) is 11.4 Å². The molecule has 2 aromatic rings. The van der Waals surface area contributed by atoms with Crippen LogP contribution in [0, 0.1) is 5.92 Å². The van der Waals surface area contributed by atoms with Gasteiger partial charge >= 0.3 is 0 Å². The summed E-state index contributed by atoms with van der Waals surface area (Å²) in [4.78, 5) is 26.4. The Morgan fingerprint density at radius 3 is 2.50 bits per heavy atom. The van der Waals surface area contributed by atoms with E-state index in [-0.39, 0.29) is 29.7 Å². The highest BCUT2D eigenvalue weighted by Crippen LogP contribution is 2.28. The maximum absolute atomic E-state index is 12.5. The quantitative estimate of drug-likeness (QED) is 0.867. The first-order valence-corrected chi connectivity index (χ1v) is 10.2. The van der Waals surface area contributed by atoms with Gasteiger partial charge in [0.2, 0.25) is 11.8 Å². The molecule has 1 fully saturated rings. The van der Waals surface area contributed by atoms with E-state index < -0.39 is 15.8 Å². The summed E-state index contributed by atoms with van der Waals surface area (Å²) in [6.07, 6.45) is 1.23. The maximum atomic E-state index is 12.5. The van der Waals surface area contributed by atoms with Crippen LogP contribution in [0.15, 0.2) is 53.4 Å². The van der Waals surface area contributed by atoms with E-state index in [2.05, 4.69) is 5.32 Å². The van der Waals surface area contributed by atoms with Crippen LogP contribution in [0.2, 0.25) is 5.02 Å². The van der Waals surface area contributed by atoms with E-state index in [1.165, 1.54) is 24.3 Å². The summed E-state index contributed by atoms with van der Waals surface area (Å²) < 4.78 is 22.9. The average Bonchev–Trinajstić information content (AvgIpc) is 2.96. The third-order valence-electron chi connectivity index (χ3n) is 4.17. The van der Waals surface area contributed by atoms with Crippen molar-refractivity contribution < 1.29 is 18.0 Å². The first-order valence-electron chi connectivity index (χ1n) is 7.91. The Kier molecular flexibility index (Phi) is 5.02. The molecule has 1 aliphatic rings. The van der Waals surface area contributed by atoms with Crippen molar-refractivity contribution >= 4 is 44.6 Å². The van der Waals surface area contributed by atoms with Crippen molar-refractivity contribution in [2.24, 2.45) is 5.92 Å². The van der Waals surface area contributed by atoms with Crippen molar-refractivity contribution in [1.82, 2.24) is 0 Å². The minimum atomic E-state index is -3.29. The van der Waals surface area contributed by atoms with Crippen LogP contribution in [-0.2, 0) is 19.4 Å². The van der Waals surface area contributed by atoms with Gasteiger partial charge in [-0.05, 0) is 42.5 Å². The lowest BCUT2D eigenvalue weighted by atomic mass is 10.1. The number of nitrogens with zero attached hydrogens (tertiary/aromatic N) is 1. The topological polar surface area (TPSA) is 83.5 Å². The molecule has 1 unspecified atom stereocenters. The first kappa shape index (κ1) is 18.4. The molecule has 6 nitrogen and oxygen atoms in total. The van der Waals surface area contributed by atoms with Crippen LogP contribution >= 0.6 is 11.6 Å². The van der Waals surface area contributed by atoms with Crippen molar-refractivity contribution in [3.63, 3.8) is 0 Å². The van der Waals surface area contributed by atoms with Gasteiger partial charge in [0.25, 0.3) is 0 Å². The molecule has 1 heterocycles. The third-order valence-corrected chi connectivity index (χ3v) is 5.53. The molecule has 1 atom stereocenters. The maximum Gasteiger partial charge on any atom is 0.229 e. The van der Waals surface area contributed by atoms with Crippen LogP contribution in [-0.4, -0.2) is 33.0 Å². The summed E-state index contributed by atoms with van der Waals surface area (Å²) in [7, 11) is -3.29. The molecular weight excluding hydrogens is 376 g/mol. The van der Waals surface area contributed by atoms with Crippen LogP contribution < -0.4 is 10.2 Å². The number of anilines is 2. The number of carbonyl (C=O) groups excluding carboxylic acids is 2. The normalized spacial score (nSPS) is 17.4. The molecular formula is C18H17ClN2O4S. The molecule has 2 aromatic carbocycles. The number of hydrogen-bond acceptors (Lipinski definition) is 4. The predicted octanol–water partition coefficient (Wildman–Crippen LogP) is 2.74. The second kappa shape index (κ2) is 7.09. The number of sulfone groups is 1. The zero-order valence-electron chi connectivity index (χ0n) is 14.0. The lowest BCUT2D eigenvalue weighted by Crippen LogP contribution is -2.28. The Labute approximate surface area is 156 Å². The van der Waals surface area contributed by atoms with E-state index in [0.29, 0.717) is 16.4 Å². The van der Waals surface area contributed by atoms with Crippen molar-refractivity contribution in [1.29, 1.82) is 0 Å². The molecule has 8 heteroatoms. The molecule has 1 N–H and O–H groups in total. The van der Waals surface area contributed by atoms with Gasteiger partial charge in [-0.15, -0.1) is 0 Å². The second-order valence-electron chi connectivity index (χ2n) is 6.17. The molecule has 0 aromatic heterocycles. The zero-order chi connectivity index (χ0) is 18.9. The van der Waals surface area contributed by atoms with E-state index >= 15 is 0 Å². The van der Waals surface area contributed by atoms with Gasteiger partial charge in [-0.2, -0.15) is 0 Å². The van der Waals surface area contributed by atoms with Crippen molar-refractivity contribution in [3.8, 4) is 0 Å². The van der Waals surface area contributed by atoms with Gasteiger partial charge in [0.05, 0.1) is 10.8 Å². The van der Waals surface area contributed by atoms with E-state index in [0.717, 1.165) is 6.26 Å². The number of carbonyl (C=O) groups is 2. The van der Waals surface area contributed by atoms with Crippen LogP contribution in [0.1, 0.15) is 6.42 Å². The highest BCUT2D eigenvalue weighted by atomic mass is 35.5. The molecule has 136 valence electrons. The van der Waals surface area contributed by atoms with E-state index in [9.17, 15) is 18.0 Å². The number of rotatable bonds is 4. The lowest BCUT2D eigenvalue weighted by Gasteiger charge is -2.17. The number of amides is 2. The number of hydrogen-bond donors (Lipinski definition) is 1. The molecule has 0 radical (unpaired) electrons. The lowest BCUT2D eigenvalue weighted by molar-refractivity contribution is -0.122. The fourth-order valence-electron chi connectivity index (χ4n) is 2.81. The highest BCUT2D eigenvalue weighted by Gasteiger charge is 2.35. The fourth-order valence-corrected chi connectivity index (χ4v) is 3.62. The summed E-state index contributed by atoms with van der Waals surface area (Å²) in [5.74, 6) is -0.911. The average molecular weight is 393 g/mol. The van der Waals surface area contributed by atoms with Gasteiger partial charge in [0.15, 0.2) is 9.84 Å². The molecule has 0 saturated carbocycles. The monoisotopic (exact) mass is 392 g/mol. The second-order valence-corrected chi connectivity index (χ2v) is 8.62. The molecule has 0 spiro atoms. The summed E-state index contributed by atoms with van der Waals surface area (Å²) in [6, 6.07) is 12.8. The number of benzene rings is 2. The Morgan fingerprint density at radius 2 is 1.88 bits per heavy atom. The van der Waals surface area contributed by atoms with Gasteiger partial charge in [-0.1, -0.05) is 17.7 Å². The van der Waals surface area contributed by atoms with Gasteiger partial charge in [-0.25, -0.2) is 8.42 Å². The van der Waals surface area contributed by atoms with E-state index in [4.69, 9.17) is 11.6 Å². The first-order chi connectivity index (χ1) is 12.2. The van der Waals surface area contributed by atoms with Gasteiger partial charge in [0.1, 0.15) is 0 Å². The van der Waals surface area contributed by atoms with Crippen molar-refractivity contribution in [2.75, 3.05) is 23.0 Å². The smallest absolute Gasteiger partial charge is 0.229 e. The summed E-state index contributed by atoms with van der Waals surface area (Å²) in [6.45, 7) is 0.270. The molecule has 3 rings (SSSR count). The number of halogens is 1. The Morgan fingerprint density at radius 1 is 1.19 bits per heavy atom. The SMILES string of the molecule is CS(=O)(=O)c1ccc(NC(=O)C2CC(=O)N(c3cccc(Cl)c3)C2)cc1.